The SMILES string of the molecule is CC(C)(C(=O)Nc1n[nH]c(-c2ccccc2)n1)S(=O)C1CCOCC1. The van der Waals surface area contributed by atoms with Crippen molar-refractivity contribution in [3.05, 3.63) is 30.3 Å². The van der Waals surface area contributed by atoms with Crippen LogP contribution in [0.1, 0.15) is 26.7 Å². The first kappa shape index (κ1) is 17.8. The molecule has 2 heterocycles. The summed E-state index contributed by atoms with van der Waals surface area (Å²) in [5.74, 6) is 0.399. The van der Waals surface area contributed by atoms with E-state index in [1.54, 1.807) is 13.8 Å². The third kappa shape index (κ3) is 3.96. The monoisotopic (exact) mass is 362 g/mol. The van der Waals surface area contributed by atoms with Crippen molar-refractivity contribution >= 4 is 22.7 Å². The van der Waals surface area contributed by atoms with Crippen molar-refractivity contribution in [2.45, 2.75) is 36.7 Å². The van der Waals surface area contributed by atoms with Gasteiger partial charge in [-0.2, -0.15) is 4.98 Å². The molecule has 0 aliphatic carbocycles. The lowest BCUT2D eigenvalue weighted by molar-refractivity contribution is -0.117. The van der Waals surface area contributed by atoms with Crippen molar-refractivity contribution in [3.63, 3.8) is 0 Å². The molecule has 0 radical (unpaired) electrons. The van der Waals surface area contributed by atoms with Crippen LogP contribution in [-0.2, 0) is 20.3 Å². The molecule has 1 aromatic carbocycles. The van der Waals surface area contributed by atoms with Crippen molar-refractivity contribution in [1.82, 2.24) is 15.2 Å². The maximum absolute atomic E-state index is 12.8. The number of ether oxygens (including phenoxy) is 1. The number of benzene rings is 1. The van der Waals surface area contributed by atoms with Gasteiger partial charge >= 0.3 is 0 Å². The second-order valence-electron chi connectivity index (χ2n) is 6.45. The molecule has 2 aromatic rings. The highest BCUT2D eigenvalue weighted by atomic mass is 32.2. The molecule has 0 spiro atoms. The van der Waals surface area contributed by atoms with E-state index in [2.05, 4.69) is 20.5 Å². The van der Waals surface area contributed by atoms with Crippen molar-refractivity contribution in [2.75, 3.05) is 18.5 Å². The molecular formula is C17H22N4O3S. The number of H-pyrrole nitrogens is 1. The molecule has 0 saturated carbocycles. The highest BCUT2D eigenvalue weighted by Gasteiger charge is 2.39. The summed E-state index contributed by atoms with van der Waals surface area (Å²) in [6.07, 6.45) is 1.42. The quantitative estimate of drug-likeness (QED) is 0.849. The van der Waals surface area contributed by atoms with E-state index in [4.69, 9.17) is 4.74 Å². The predicted molar refractivity (Wildman–Crippen MR) is 96.5 cm³/mol. The molecule has 1 aromatic heterocycles. The maximum atomic E-state index is 12.8. The Morgan fingerprint density at radius 1 is 1.28 bits per heavy atom. The normalized spacial score (nSPS) is 17.2. The number of amides is 1. The van der Waals surface area contributed by atoms with Crippen LogP contribution in [0, 0.1) is 0 Å². The van der Waals surface area contributed by atoms with Gasteiger partial charge in [0, 0.05) is 34.8 Å². The molecule has 1 aliphatic rings. The van der Waals surface area contributed by atoms with E-state index in [9.17, 15) is 9.00 Å². The standard InChI is InChI=1S/C17H22N4O3S/c1-17(2,25(23)13-8-10-24-11-9-13)15(22)19-16-18-14(20-21-16)12-6-4-3-5-7-12/h3-7,13H,8-11H2,1-2H3,(H2,18,19,20,21,22). The van der Waals surface area contributed by atoms with Crippen LogP contribution in [0.2, 0.25) is 0 Å². The van der Waals surface area contributed by atoms with Gasteiger partial charge in [0.05, 0.1) is 0 Å². The zero-order valence-electron chi connectivity index (χ0n) is 14.3. The largest absolute Gasteiger partial charge is 0.381 e. The molecule has 2 N–H and O–H groups in total. The highest BCUT2D eigenvalue weighted by Crippen LogP contribution is 2.25. The number of hydrogen-bond acceptors (Lipinski definition) is 5. The van der Waals surface area contributed by atoms with Gasteiger partial charge in [0.2, 0.25) is 11.9 Å². The lowest BCUT2D eigenvalue weighted by atomic mass is 10.2. The number of aromatic amines is 1. The van der Waals surface area contributed by atoms with E-state index in [-0.39, 0.29) is 17.1 Å². The molecule has 8 heteroatoms. The second kappa shape index (κ2) is 7.45. The fraction of sp³-hybridized carbons (Fsp3) is 0.471. The van der Waals surface area contributed by atoms with E-state index in [1.807, 2.05) is 30.3 Å². The number of anilines is 1. The van der Waals surface area contributed by atoms with Crippen LogP contribution in [0.5, 0.6) is 0 Å². The Bertz CT molecular complexity index is 754. The van der Waals surface area contributed by atoms with Crippen LogP contribution in [-0.4, -0.2) is 48.5 Å². The van der Waals surface area contributed by atoms with E-state index in [1.165, 1.54) is 0 Å². The van der Waals surface area contributed by atoms with Gasteiger partial charge in [-0.1, -0.05) is 30.3 Å². The van der Waals surface area contributed by atoms with Crippen LogP contribution in [0.15, 0.2) is 30.3 Å². The second-order valence-corrected chi connectivity index (χ2v) is 8.73. The van der Waals surface area contributed by atoms with Gasteiger partial charge in [0.25, 0.3) is 0 Å². The molecule has 25 heavy (non-hydrogen) atoms. The minimum absolute atomic E-state index is 0.0264. The van der Waals surface area contributed by atoms with Crippen LogP contribution < -0.4 is 5.32 Å². The van der Waals surface area contributed by atoms with Crippen LogP contribution >= 0.6 is 0 Å². The van der Waals surface area contributed by atoms with Crippen molar-refractivity contribution in [2.24, 2.45) is 0 Å². The number of aromatic nitrogens is 3. The zero-order valence-corrected chi connectivity index (χ0v) is 15.1. The van der Waals surface area contributed by atoms with Gasteiger partial charge in [-0.15, -0.1) is 5.10 Å². The average molecular weight is 362 g/mol. The summed E-state index contributed by atoms with van der Waals surface area (Å²) in [6.45, 7) is 4.57. The molecule has 0 bridgehead atoms. The van der Waals surface area contributed by atoms with Crippen LogP contribution in [0.4, 0.5) is 5.95 Å². The molecule has 3 rings (SSSR count). The van der Waals surface area contributed by atoms with E-state index >= 15 is 0 Å². The van der Waals surface area contributed by atoms with Crippen molar-refractivity contribution < 1.29 is 13.7 Å². The molecule has 1 atom stereocenters. The van der Waals surface area contributed by atoms with Gasteiger partial charge in [-0.3, -0.25) is 19.4 Å². The molecule has 7 nitrogen and oxygen atoms in total. The number of carbonyl (C=O) groups excluding carboxylic acids is 1. The fourth-order valence-corrected chi connectivity index (χ4v) is 4.38. The summed E-state index contributed by atoms with van der Waals surface area (Å²) in [5, 5.41) is 9.48. The average Bonchev–Trinajstić information content (AvgIpc) is 3.11. The maximum Gasteiger partial charge on any atom is 0.249 e. The number of carbonyl (C=O) groups is 1. The van der Waals surface area contributed by atoms with Gasteiger partial charge in [-0.05, 0) is 26.7 Å². The van der Waals surface area contributed by atoms with E-state index in [0.29, 0.717) is 31.9 Å². The smallest absolute Gasteiger partial charge is 0.249 e. The van der Waals surface area contributed by atoms with Crippen molar-refractivity contribution in [3.8, 4) is 11.4 Å². The highest BCUT2D eigenvalue weighted by molar-refractivity contribution is 7.87. The minimum atomic E-state index is -1.31. The number of hydrogen-bond donors (Lipinski definition) is 2. The van der Waals surface area contributed by atoms with Gasteiger partial charge in [0.1, 0.15) is 4.75 Å². The third-order valence-corrected chi connectivity index (χ3v) is 6.55. The van der Waals surface area contributed by atoms with Crippen molar-refractivity contribution in [1.29, 1.82) is 0 Å². The van der Waals surface area contributed by atoms with Gasteiger partial charge in [-0.25, -0.2) is 0 Å². The first-order valence-corrected chi connectivity index (χ1v) is 9.47. The summed E-state index contributed by atoms with van der Waals surface area (Å²) in [5.41, 5.74) is 0.876. The fourth-order valence-electron chi connectivity index (χ4n) is 2.69. The molecule has 1 unspecified atom stereocenters. The predicted octanol–water partition coefficient (Wildman–Crippen LogP) is 2.12. The summed E-state index contributed by atoms with van der Waals surface area (Å²) >= 11 is 0. The first-order valence-electron chi connectivity index (χ1n) is 8.26. The van der Waals surface area contributed by atoms with Gasteiger partial charge < -0.3 is 4.74 Å². The zero-order chi connectivity index (χ0) is 17.9. The van der Waals surface area contributed by atoms with Crippen LogP contribution in [0.25, 0.3) is 11.4 Å². The summed E-state index contributed by atoms with van der Waals surface area (Å²) in [7, 11) is -1.31. The number of nitrogens with one attached hydrogen (secondary N) is 2. The molecule has 134 valence electrons. The van der Waals surface area contributed by atoms with E-state index < -0.39 is 15.5 Å². The Balaban J connectivity index is 1.68. The summed E-state index contributed by atoms with van der Waals surface area (Å²) in [6, 6.07) is 9.51. The topological polar surface area (TPSA) is 97.0 Å². The van der Waals surface area contributed by atoms with Gasteiger partial charge in [0.15, 0.2) is 5.82 Å². The minimum Gasteiger partial charge on any atom is -0.381 e. The number of rotatable bonds is 5. The molecule has 1 fully saturated rings. The third-order valence-electron chi connectivity index (χ3n) is 4.28. The molecular weight excluding hydrogens is 340 g/mol. The first-order chi connectivity index (χ1) is 12.0. The Morgan fingerprint density at radius 2 is 1.96 bits per heavy atom. The summed E-state index contributed by atoms with van der Waals surface area (Å²) < 4.78 is 17.1. The lowest BCUT2D eigenvalue weighted by Gasteiger charge is -2.29. The lowest BCUT2D eigenvalue weighted by Crippen LogP contribution is -2.46. The van der Waals surface area contributed by atoms with Crippen LogP contribution in [0.3, 0.4) is 0 Å². The summed E-state index contributed by atoms with van der Waals surface area (Å²) in [4.78, 5) is 16.9. The van der Waals surface area contributed by atoms with E-state index in [0.717, 1.165) is 5.56 Å². The number of nitrogens with zero attached hydrogens (tertiary/aromatic N) is 2. The Labute approximate surface area is 149 Å². The Kier molecular flexibility index (Phi) is 5.29. The molecule has 1 amide bonds. The molecule has 1 saturated heterocycles. The molecule has 1 aliphatic heterocycles. The Morgan fingerprint density at radius 3 is 2.64 bits per heavy atom. The Hall–Kier alpha value is -2.06.